The zero-order chi connectivity index (χ0) is 21.0. The number of carbonyl (C=O) groups excluding carboxylic acids is 1. The van der Waals surface area contributed by atoms with Gasteiger partial charge in [-0.3, -0.25) is 9.69 Å². The number of nitrogens with zero attached hydrogens (tertiary/aromatic N) is 2. The minimum atomic E-state index is -2.99. The maximum atomic E-state index is 13.1. The number of hydrogen-bond acceptors (Lipinski definition) is 6. The molecule has 1 atom stereocenters. The second-order valence-electron chi connectivity index (χ2n) is 8.08. The van der Waals surface area contributed by atoms with E-state index in [9.17, 15) is 13.2 Å². The van der Waals surface area contributed by atoms with Crippen LogP contribution in [0.2, 0.25) is 0 Å². The zero-order valence-electron chi connectivity index (χ0n) is 17.2. The summed E-state index contributed by atoms with van der Waals surface area (Å²) < 4.78 is 23.6. The second-order valence-corrected chi connectivity index (χ2v) is 11.6. The minimum absolute atomic E-state index is 0.0565. The second kappa shape index (κ2) is 9.58. The Bertz CT molecular complexity index is 935. The number of thiazole rings is 1. The van der Waals surface area contributed by atoms with E-state index in [1.165, 1.54) is 28.4 Å². The van der Waals surface area contributed by atoms with Gasteiger partial charge in [0.25, 0.3) is 0 Å². The Hall–Kier alpha value is -1.77. The Balaban J connectivity index is 1.34. The number of rotatable bonds is 7. The van der Waals surface area contributed by atoms with E-state index in [4.69, 9.17) is 4.98 Å². The van der Waals surface area contributed by atoms with Crippen LogP contribution in [0.4, 0.5) is 0 Å². The van der Waals surface area contributed by atoms with Gasteiger partial charge in [-0.1, -0.05) is 30.3 Å². The Kier molecular flexibility index (Phi) is 6.85. The molecule has 1 amide bonds. The number of aromatic nitrogens is 1. The van der Waals surface area contributed by atoms with Crippen molar-refractivity contribution in [3.8, 4) is 0 Å². The van der Waals surface area contributed by atoms with Gasteiger partial charge in [0.2, 0.25) is 5.91 Å². The molecule has 2 aliphatic rings. The van der Waals surface area contributed by atoms with Crippen molar-refractivity contribution >= 4 is 27.1 Å². The molecule has 0 spiro atoms. The first-order valence-electron chi connectivity index (χ1n) is 10.8. The standard InChI is InChI=1S/C22H29N3O3S2/c26-22(23-12-6-11-20-24-18-9-4-5-10-19(18)29-20)21(17-7-2-1-3-8-17)25-13-15-30(27,28)16-14-25/h1-3,7-8,21H,4-6,9-16H2,(H,23,26). The summed E-state index contributed by atoms with van der Waals surface area (Å²) in [6.07, 6.45) is 6.51. The smallest absolute Gasteiger partial charge is 0.241 e. The fraction of sp³-hybridized carbons (Fsp3) is 0.545. The van der Waals surface area contributed by atoms with Gasteiger partial charge in [-0.25, -0.2) is 13.4 Å². The van der Waals surface area contributed by atoms with Gasteiger partial charge in [0.1, 0.15) is 6.04 Å². The van der Waals surface area contributed by atoms with Crippen molar-refractivity contribution in [3.63, 3.8) is 0 Å². The molecule has 0 bridgehead atoms. The molecule has 0 saturated carbocycles. The third-order valence-electron chi connectivity index (χ3n) is 5.86. The van der Waals surface area contributed by atoms with Crippen LogP contribution in [0.15, 0.2) is 30.3 Å². The van der Waals surface area contributed by atoms with Crippen molar-refractivity contribution in [2.45, 2.75) is 44.6 Å². The molecule has 1 aliphatic heterocycles. The maximum absolute atomic E-state index is 13.1. The van der Waals surface area contributed by atoms with Gasteiger partial charge in [-0.05, 0) is 37.7 Å². The average molecular weight is 448 g/mol. The largest absolute Gasteiger partial charge is 0.354 e. The summed E-state index contributed by atoms with van der Waals surface area (Å²) in [5.74, 6) is 0.162. The van der Waals surface area contributed by atoms with Crippen molar-refractivity contribution in [2.24, 2.45) is 0 Å². The first-order valence-corrected chi connectivity index (χ1v) is 13.4. The van der Waals surface area contributed by atoms with Gasteiger partial charge in [-0.15, -0.1) is 11.3 Å². The Morgan fingerprint density at radius 3 is 2.60 bits per heavy atom. The molecule has 1 N–H and O–H groups in total. The van der Waals surface area contributed by atoms with Crippen molar-refractivity contribution in [2.75, 3.05) is 31.1 Å². The van der Waals surface area contributed by atoms with Gasteiger partial charge < -0.3 is 5.32 Å². The number of sulfone groups is 1. The first-order chi connectivity index (χ1) is 14.5. The normalized spacial score (nSPS) is 19.7. The molecule has 1 aromatic heterocycles. The van der Waals surface area contributed by atoms with Gasteiger partial charge in [0.15, 0.2) is 9.84 Å². The van der Waals surface area contributed by atoms with Crippen LogP contribution in [0.5, 0.6) is 0 Å². The quantitative estimate of drug-likeness (QED) is 0.660. The number of benzene rings is 1. The molecule has 1 aromatic carbocycles. The monoisotopic (exact) mass is 447 g/mol. The van der Waals surface area contributed by atoms with Crippen LogP contribution in [-0.4, -0.2) is 55.3 Å². The van der Waals surface area contributed by atoms with Crippen LogP contribution in [0.3, 0.4) is 0 Å². The predicted molar refractivity (Wildman–Crippen MR) is 119 cm³/mol. The van der Waals surface area contributed by atoms with Gasteiger partial charge in [0, 0.05) is 30.9 Å². The zero-order valence-corrected chi connectivity index (χ0v) is 18.8. The van der Waals surface area contributed by atoms with E-state index in [1.807, 2.05) is 46.6 Å². The molecule has 1 aliphatic carbocycles. The summed E-state index contributed by atoms with van der Waals surface area (Å²) in [6, 6.07) is 9.18. The van der Waals surface area contributed by atoms with Crippen LogP contribution in [0.1, 0.15) is 46.4 Å². The lowest BCUT2D eigenvalue weighted by atomic mass is 10.0. The Morgan fingerprint density at radius 1 is 1.13 bits per heavy atom. The summed E-state index contributed by atoms with van der Waals surface area (Å²) in [7, 11) is -2.99. The molecule has 6 nitrogen and oxygen atoms in total. The number of fused-ring (bicyclic) bond motifs is 1. The summed E-state index contributed by atoms with van der Waals surface area (Å²) in [4.78, 5) is 21.3. The highest BCUT2D eigenvalue weighted by Gasteiger charge is 2.32. The van der Waals surface area contributed by atoms with E-state index in [1.54, 1.807) is 0 Å². The molecule has 1 saturated heterocycles. The highest BCUT2D eigenvalue weighted by atomic mass is 32.2. The predicted octanol–water partition coefficient (Wildman–Crippen LogP) is 2.54. The highest BCUT2D eigenvalue weighted by molar-refractivity contribution is 7.91. The van der Waals surface area contributed by atoms with Crippen LogP contribution in [0.25, 0.3) is 0 Å². The lowest BCUT2D eigenvalue weighted by Gasteiger charge is -2.33. The molecular weight excluding hydrogens is 418 g/mol. The van der Waals surface area contributed by atoms with Crippen molar-refractivity contribution < 1.29 is 13.2 Å². The molecule has 1 unspecified atom stereocenters. The van der Waals surface area contributed by atoms with Crippen molar-refractivity contribution in [3.05, 3.63) is 51.5 Å². The summed E-state index contributed by atoms with van der Waals surface area (Å²) in [6.45, 7) is 1.37. The van der Waals surface area contributed by atoms with E-state index < -0.39 is 15.9 Å². The van der Waals surface area contributed by atoms with E-state index >= 15 is 0 Å². The topological polar surface area (TPSA) is 79.4 Å². The van der Waals surface area contributed by atoms with Gasteiger partial charge in [0.05, 0.1) is 22.2 Å². The third kappa shape index (κ3) is 5.28. The molecule has 2 aromatic rings. The lowest BCUT2D eigenvalue weighted by molar-refractivity contribution is -0.126. The van der Waals surface area contributed by atoms with Crippen LogP contribution >= 0.6 is 11.3 Å². The number of nitrogens with one attached hydrogen (secondary N) is 1. The average Bonchev–Trinajstić information content (AvgIpc) is 3.16. The third-order valence-corrected chi connectivity index (χ3v) is 8.69. The highest BCUT2D eigenvalue weighted by Crippen LogP contribution is 2.27. The number of carbonyl (C=O) groups is 1. The van der Waals surface area contributed by atoms with Gasteiger partial charge in [-0.2, -0.15) is 0 Å². The van der Waals surface area contributed by atoms with Gasteiger partial charge >= 0.3 is 0 Å². The molecular formula is C22H29N3O3S2. The molecule has 162 valence electrons. The van der Waals surface area contributed by atoms with Crippen LogP contribution in [0, 0.1) is 0 Å². The molecule has 8 heteroatoms. The van der Waals surface area contributed by atoms with E-state index in [-0.39, 0.29) is 17.4 Å². The van der Waals surface area contributed by atoms with Crippen molar-refractivity contribution in [1.29, 1.82) is 0 Å². The maximum Gasteiger partial charge on any atom is 0.241 e. The molecule has 0 radical (unpaired) electrons. The van der Waals surface area contributed by atoms with Crippen molar-refractivity contribution in [1.82, 2.24) is 15.2 Å². The number of aryl methyl sites for hydroxylation is 3. The van der Waals surface area contributed by atoms with E-state index in [0.29, 0.717) is 19.6 Å². The fourth-order valence-corrected chi connectivity index (χ4v) is 6.64. The fourth-order valence-electron chi connectivity index (χ4n) is 4.21. The molecule has 4 rings (SSSR count). The molecule has 2 heterocycles. The Labute approximate surface area is 182 Å². The number of amides is 1. The summed E-state index contributed by atoms with van der Waals surface area (Å²) >= 11 is 1.83. The first kappa shape index (κ1) is 21.5. The SMILES string of the molecule is O=C(NCCCc1nc2c(s1)CCCC2)C(c1ccccc1)N1CCS(=O)(=O)CC1. The molecule has 30 heavy (non-hydrogen) atoms. The molecule has 1 fully saturated rings. The van der Waals surface area contributed by atoms with E-state index in [2.05, 4.69) is 5.32 Å². The van der Waals surface area contributed by atoms with Crippen LogP contribution < -0.4 is 5.32 Å². The lowest BCUT2D eigenvalue weighted by Crippen LogP contribution is -2.47. The summed E-state index contributed by atoms with van der Waals surface area (Å²) in [5.41, 5.74) is 2.19. The number of hydrogen-bond donors (Lipinski definition) is 1. The summed E-state index contributed by atoms with van der Waals surface area (Å²) in [5, 5.41) is 4.26. The Morgan fingerprint density at radius 2 is 1.87 bits per heavy atom. The minimum Gasteiger partial charge on any atom is -0.354 e. The van der Waals surface area contributed by atoms with Crippen LogP contribution in [-0.2, 0) is 33.9 Å². The van der Waals surface area contributed by atoms with E-state index in [0.717, 1.165) is 31.2 Å².